The minimum Gasteiger partial charge on any atom is -0.487 e. The highest BCUT2D eigenvalue weighted by atomic mass is 32.1. The average Bonchev–Trinajstić information content (AvgIpc) is 3.30. The number of hydrogen-bond donors (Lipinski definition) is 2. The lowest BCUT2D eigenvalue weighted by Crippen LogP contribution is -2.39. The predicted octanol–water partition coefficient (Wildman–Crippen LogP) is 4.58. The van der Waals surface area contributed by atoms with Crippen LogP contribution in [0.3, 0.4) is 0 Å². The van der Waals surface area contributed by atoms with Crippen LogP contribution in [0.5, 0.6) is 5.75 Å². The van der Waals surface area contributed by atoms with Crippen LogP contribution >= 0.6 is 11.3 Å². The quantitative estimate of drug-likeness (QED) is 0.402. The molecule has 2 heterocycles. The van der Waals surface area contributed by atoms with E-state index >= 15 is 0 Å². The first kappa shape index (κ1) is 20.9. The fraction of sp³-hybridized carbons (Fsp3) is 0.304. The number of aliphatic imine (C=N–C) groups is 1. The molecule has 0 saturated carbocycles. The summed E-state index contributed by atoms with van der Waals surface area (Å²) in [5.41, 5.74) is 2.02. The summed E-state index contributed by atoms with van der Waals surface area (Å²) in [6.45, 7) is 7.02. The Hall–Kier alpha value is -2.86. The van der Waals surface area contributed by atoms with Crippen LogP contribution in [-0.4, -0.2) is 24.0 Å². The average molecular weight is 409 g/mol. The van der Waals surface area contributed by atoms with Gasteiger partial charge >= 0.3 is 0 Å². The van der Waals surface area contributed by atoms with Crippen molar-refractivity contribution >= 4 is 17.3 Å². The van der Waals surface area contributed by atoms with Crippen molar-refractivity contribution in [2.75, 3.05) is 13.1 Å². The number of pyridine rings is 1. The third-order valence-corrected chi connectivity index (χ3v) is 5.48. The Kier molecular flexibility index (Phi) is 8.07. The van der Waals surface area contributed by atoms with Gasteiger partial charge in [0.05, 0.1) is 12.2 Å². The summed E-state index contributed by atoms with van der Waals surface area (Å²) in [5.74, 6) is 2.10. The number of rotatable bonds is 9. The number of nitrogens with zero attached hydrogens (tertiary/aromatic N) is 2. The van der Waals surface area contributed by atoms with Crippen molar-refractivity contribution in [2.24, 2.45) is 4.99 Å². The molecule has 0 aliphatic heterocycles. The van der Waals surface area contributed by atoms with Crippen molar-refractivity contribution in [3.8, 4) is 5.75 Å². The van der Waals surface area contributed by atoms with Crippen molar-refractivity contribution < 1.29 is 4.74 Å². The van der Waals surface area contributed by atoms with Crippen LogP contribution in [0.1, 0.15) is 35.9 Å². The molecule has 1 unspecified atom stereocenters. The van der Waals surface area contributed by atoms with Crippen molar-refractivity contribution in [1.82, 2.24) is 15.6 Å². The molecule has 3 aromatic rings. The van der Waals surface area contributed by atoms with Crippen LogP contribution in [0.15, 0.2) is 71.2 Å². The highest BCUT2D eigenvalue weighted by Crippen LogP contribution is 2.19. The summed E-state index contributed by atoms with van der Waals surface area (Å²) in [6.07, 6.45) is 1.78. The maximum Gasteiger partial charge on any atom is 0.191 e. The predicted molar refractivity (Wildman–Crippen MR) is 121 cm³/mol. The number of thiophene rings is 1. The normalized spacial score (nSPS) is 12.4. The van der Waals surface area contributed by atoms with Gasteiger partial charge in [0, 0.05) is 30.1 Å². The molecule has 29 heavy (non-hydrogen) atoms. The van der Waals surface area contributed by atoms with E-state index < -0.39 is 0 Å². The summed E-state index contributed by atoms with van der Waals surface area (Å²) >= 11 is 1.79. The molecule has 1 aromatic carbocycles. The maximum absolute atomic E-state index is 5.87. The summed E-state index contributed by atoms with van der Waals surface area (Å²) in [4.78, 5) is 10.4. The number of guanidine groups is 1. The zero-order chi connectivity index (χ0) is 20.3. The zero-order valence-electron chi connectivity index (χ0n) is 17.0. The second-order valence-corrected chi connectivity index (χ2v) is 7.73. The van der Waals surface area contributed by atoms with Gasteiger partial charge in [-0.3, -0.25) is 4.98 Å². The van der Waals surface area contributed by atoms with Gasteiger partial charge in [-0.25, -0.2) is 4.99 Å². The van der Waals surface area contributed by atoms with Crippen LogP contribution in [0.25, 0.3) is 0 Å². The lowest BCUT2D eigenvalue weighted by Gasteiger charge is -2.15. The van der Waals surface area contributed by atoms with E-state index in [9.17, 15) is 0 Å². The molecule has 2 aromatic heterocycles. The first-order valence-electron chi connectivity index (χ1n) is 9.92. The van der Waals surface area contributed by atoms with E-state index in [1.807, 2.05) is 36.4 Å². The second-order valence-electron chi connectivity index (χ2n) is 6.75. The van der Waals surface area contributed by atoms with Gasteiger partial charge < -0.3 is 15.4 Å². The van der Waals surface area contributed by atoms with Gasteiger partial charge in [-0.15, -0.1) is 11.3 Å². The summed E-state index contributed by atoms with van der Waals surface area (Å²) in [7, 11) is 0. The number of nitrogens with one attached hydrogen (secondary N) is 2. The third kappa shape index (κ3) is 6.91. The van der Waals surface area contributed by atoms with E-state index in [0.29, 0.717) is 19.1 Å². The van der Waals surface area contributed by atoms with E-state index in [1.165, 1.54) is 4.88 Å². The van der Waals surface area contributed by atoms with E-state index in [-0.39, 0.29) is 0 Å². The van der Waals surface area contributed by atoms with Gasteiger partial charge in [0.25, 0.3) is 0 Å². The molecule has 5 nitrogen and oxygen atoms in total. The standard InChI is InChI=1S/C23H28N4OS/c1-3-24-23(26-15-18(2)22-11-7-13-29-22)27-16-19-8-6-10-21(14-19)28-17-20-9-4-5-12-25-20/h4-14,18H,3,15-17H2,1-2H3,(H2,24,26,27). The first-order valence-corrected chi connectivity index (χ1v) is 10.8. The van der Waals surface area contributed by atoms with E-state index in [0.717, 1.165) is 36.1 Å². The highest BCUT2D eigenvalue weighted by molar-refractivity contribution is 7.10. The van der Waals surface area contributed by atoms with Crippen molar-refractivity contribution in [3.05, 3.63) is 82.3 Å². The summed E-state index contributed by atoms with van der Waals surface area (Å²) < 4.78 is 5.87. The fourth-order valence-corrected chi connectivity index (χ4v) is 3.60. The third-order valence-electron chi connectivity index (χ3n) is 4.38. The number of aromatic nitrogens is 1. The monoisotopic (exact) mass is 408 g/mol. The lowest BCUT2D eigenvalue weighted by atomic mass is 10.1. The Labute approximate surface area is 176 Å². The topological polar surface area (TPSA) is 58.5 Å². The molecule has 1 atom stereocenters. The zero-order valence-corrected chi connectivity index (χ0v) is 17.8. The molecule has 0 amide bonds. The molecular weight excluding hydrogens is 380 g/mol. The number of hydrogen-bond acceptors (Lipinski definition) is 4. The molecule has 6 heteroatoms. The minimum atomic E-state index is 0.446. The molecule has 0 aliphatic carbocycles. The fourth-order valence-electron chi connectivity index (χ4n) is 2.81. The maximum atomic E-state index is 5.87. The Morgan fingerprint density at radius 2 is 2.07 bits per heavy atom. The smallest absolute Gasteiger partial charge is 0.191 e. The van der Waals surface area contributed by atoms with Gasteiger partial charge in [0.1, 0.15) is 12.4 Å². The molecule has 3 rings (SSSR count). The van der Waals surface area contributed by atoms with Crippen molar-refractivity contribution in [1.29, 1.82) is 0 Å². The van der Waals surface area contributed by atoms with Crippen LogP contribution < -0.4 is 15.4 Å². The van der Waals surface area contributed by atoms with Crippen LogP contribution in [0.2, 0.25) is 0 Å². The number of ether oxygens (including phenoxy) is 1. The molecule has 0 fully saturated rings. The van der Waals surface area contributed by atoms with Crippen LogP contribution in [0, 0.1) is 0 Å². The van der Waals surface area contributed by atoms with Gasteiger partial charge in [-0.1, -0.05) is 31.2 Å². The Morgan fingerprint density at radius 1 is 1.14 bits per heavy atom. The largest absolute Gasteiger partial charge is 0.487 e. The van der Waals surface area contributed by atoms with E-state index in [2.05, 4.69) is 53.0 Å². The molecule has 0 saturated heterocycles. The van der Waals surface area contributed by atoms with Gasteiger partial charge in [0.2, 0.25) is 0 Å². The molecule has 152 valence electrons. The molecule has 0 aliphatic rings. The molecule has 2 N–H and O–H groups in total. The highest BCUT2D eigenvalue weighted by Gasteiger charge is 2.07. The van der Waals surface area contributed by atoms with Crippen molar-refractivity contribution in [2.45, 2.75) is 32.9 Å². The van der Waals surface area contributed by atoms with E-state index in [1.54, 1.807) is 17.5 Å². The van der Waals surface area contributed by atoms with Crippen molar-refractivity contribution in [3.63, 3.8) is 0 Å². The Balaban J connectivity index is 1.55. The molecule has 0 radical (unpaired) electrons. The summed E-state index contributed by atoms with van der Waals surface area (Å²) in [5, 5.41) is 8.88. The van der Waals surface area contributed by atoms with Gasteiger partial charge in [-0.05, 0) is 48.2 Å². The molecule has 0 spiro atoms. The Bertz CT molecular complexity index is 881. The number of benzene rings is 1. The van der Waals surface area contributed by atoms with Crippen LogP contribution in [-0.2, 0) is 13.2 Å². The molecular formula is C23H28N4OS. The molecule has 0 bridgehead atoms. The SMILES string of the molecule is CCNC(=NCc1cccc(OCc2ccccn2)c1)NCC(C)c1cccs1. The minimum absolute atomic E-state index is 0.446. The second kappa shape index (κ2) is 11.2. The van der Waals surface area contributed by atoms with Gasteiger partial charge in [-0.2, -0.15) is 0 Å². The van der Waals surface area contributed by atoms with E-state index in [4.69, 9.17) is 9.73 Å². The van der Waals surface area contributed by atoms with Crippen LogP contribution in [0.4, 0.5) is 0 Å². The summed E-state index contributed by atoms with van der Waals surface area (Å²) in [6, 6.07) is 18.2. The first-order chi connectivity index (χ1) is 14.2. The van der Waals surface area contributed by atoms with Gasteiger partial charge in [0.15, 0.2) is 5.96 Å². The lowest BCUT2D eigenvalue weighted by molar-refractivity contribution is 0.301. The Morgan fingerprint density at radius 3 is 2.83 bits per heavy atom.